The highest BCUT2D eigenvalue weighted by molar-refractivity contribution is 14.0. The van der Waals surface area contributed by atoms with Crippen LogP contribution < -0.4 is 10.1 Å². The number of rotatable bonds is 6. The number of benzene rings is 1. The molecule has 0 fully saturated rings. The molecule has 0 aliphatic rings. The molecule has 2 aromatic rings. The average Bonchev–Trinajstić information content (AvgIpc) is 2.87. The molecule has 1 aromatic carbocycles. The number of hydrogen-bond donors (Lipinski definition) is 1. The van der Waals surface area contributed by atoms with Crippen LogP contribution in [0, 0.1) is 20.8 Å². The highest BCUT2D eigenvalue weighted by Crippen LogP contribution is 2.16. The molecule has 1 heterocycles. The van der Waals surface area contributed by atoms with Crippen LogP contribution in [0.3, 0.4) is 0 Å². The lowest BCUT2D eigenvalue weighted by Gasteiger charge is -2.22. The van der Waals surface area contributed by atoms with E-state index in [0.29, 0.717) is 6.61 Å². The van der Waals surface area contributed by atoms with Crippen molar-refractivity contribution < 1.29 is 4.74 Å². The normalized spacial score (nSPS) is 11.0. The van der Waals surface area contributed by atoms with Gasteiger partial charge in [-0.3, -0.25) is 4.99 Å². The summed E-state index contributed by atoms with van der Waals surface area (Å²) in [5.41, 5.74) is 2.32. The van der Waals surface area contributed by atoms with E-state index in [0.717, 1.165) is 35.5 Å². The van der Waals surface area contributed by atoms with Crippen LogP contribution in [0.1, 0.15) is 21.1 Å². The molecule has 1 aromatic heterocycles. The smallest absolute Gasteiger partial charge is 0.193 e. The maximum atomic E-state index is 5.78. The van der Waals surface area contributed by atoms with Crippen molar-refractivity contribution >= 4 is 41.3 Å². The topological polar surface area (TPSA) is 49.8 Å². The first-order chi connectivity index (χ1) is 11.5. The largest absolute Gasteiger partial charge is 0.492 e. The molecular weight excluding hydrogens is 447 g/mol. The molecule has 0 saturated carbocycles. The van der Waals surface area contributed by atoms with E-state index < -0.39 is 0 Å². The molecule has 0 spiro atoms. The van der Waals surface area contributed by atoms with Crippen LogP contribution in [0.2, 0.25) is 0 Å². The van der Waals surface area contributed by atoms with Crippen molar-refractivity contribution in [2.24, 2.45) is 4.99 Å². The van der Waals surface area contributed by atoms with Gasteiger partial charge in [0.15, 0.2) is 5.96 Å². The fraction of sp³-hybridized carbons (Fsp3) is 0.444. The molecule has 0 aliphatic carbocycles. The Morgan fingerprint density at radius 3 is 2.48 bits per heavy atom. The summed E-state index contributed by atoms with van der Waals surface area (Å²) in [6, 6.07) is 8.10. The van der Waals surface area contributed by atoms with Gasteiger partial charge in [-0.2, -0.15) is 0 Å². The summed E-state index contributed by atoms with van der Waals surface area (Å²) in [5, 5.41) is 4.48. The molecule has 7 heteroatoms. The third kappa shape index (κ3) is 6.81. The monoisotopic (exact) mass is 474 g/mol. The summed E-state index contributed by atoms with van der Waals surface area (Å²) in [7, 11) is 3.81. The summed E-state index contributed by atoms with van der Waals surface area (Å²) in [4.78, 5) is 12.1. The second-order valence-corrected chi connectivity index (χ2v) is 7.01. The maximum Gasteiger partial charge on any atom is 0.193 e. The van der Waals surface area contributed by atoms with Gasteiger partial charge in [-0.05, 0) is 32.9 Å². The summed E-state index contributed by atoms with van der Waals surface area (Å²) >= 11 is 1.72. The van der Waals surface area contributed by atoms with Crippen molar-refractivity contribution in [1.82, 2.24) is 15.2 Å². The number of likely N-dealkylation sites (N-methyl/N-ethyl adjacent to an activating group) is 1. The summed E-state index contributed by atoms with van der Waals surface area (Å²) < 4.78 is 5.78. The number of hydrogen-bond acceptors (Lipinski definition) is 4. The van der Waals surface area contributed by atoms with Gasteiger partial charge >= 0.3 is 0 Å². The SMILES string of the molecule is CN=C(NCc1sc(C)nc1C)N(C)CCOc1ccc(C)cc1.I. The molecule has 0 aliphatic heterocycles. The molecule has 5 nitrogen and oxygen atoms in total. The number of guanidine groups is 1. The van der Waals surface area contributed by atoms with Gasteiger partial charge in [-0.25, -0.2) is 4.98 Å². The van der Waals surface area contributed by atoms with Crippen LogP contribution in [0.4, 0.5) is 0 Å². The average molecular weight is 474 g/mol. The predicted molar refractivity (Wildman–Crippen MR) is 117 cm³/mol. The summed E-state index contributed by atoms with van der Waals surface area (Å²) in [6.07, 6.45) is 0. The van der Waals surface area contributed by atoms with E-state index >= 15 is 0 Å². The Morgan fingerprint density at radius 2 is 1.92 bits per heavy atom. The number of halogens is 1. The zero-order valence-corrected chi connectivity index (χ0v) is 18.6. The van der Waals surface area contributed by atoms with E-state index in [2.05, 4.69) is 39.2 Å². The molecule has 0 radical (unpaired) electrons. The number of aromatic nitrogens is 1. The van der Waals surface area contributed by atoms with Gasteiger partial charge in [0.05, 0.1) is 23.8 Å². The number of aliphatic imine (C=N–C) groups is 1. The van der Waals surface area contributed by atoms with Crippen molar-refractivity contribution in [3.8, 4) is 5.75 Å². The fourth-order valence-electron chi connectivity index (χ4n) is 2.32. The van der Waals surface area contributed by atoms with Gasteiger partial charge in [-0.1, -0.05) is 17.7 Å². The minimum Gasteiger partial charge on any atom is -0.492 e. The Bertz CT molecular complexity index is 685. The zero-order valence-electron chi connectivity index (χ0n) is 15.5. The molecular formula is C18H27IN4OS. The second kappa shape index (κ2) is 10.6. The maximum absolute atomic E-state index is 5.78. The molecule has 0 atom stereocenters. The first-order valence-corrected chi connectivity index (χ1v) is 8.85. The lowest BCUT2D eigenvalue weighted by molar-refractivity contribution is 0.281. The standard InChI is InChI=1S/C18H26N4OS.HI/c1-13-6-8-16(9-7-13)23-11-10-22(5)18(19-4)20-12-17-14(2)21-15(3)24-17;/h6-9H,10-12H2,1-5H3,(H,19,20);1H. The Balaban J connectivity index is 0.00000312. The van der Waals surface area contributed by atoms with Crippen molar-refractivity contribution in [3.63, 3.8) is 0 Å². The molecule has 0 unspecified atom stereocenters. The quantitative estimate of drug-likeness (QED) is 0.394. The Kier molecular flexibility index (Phi) is 9.20. The van der Waals surface area contributed by atoms with E-state index in [1.807, 2.05) is 33.0 Å². The van der Waals surface area contributed by atoms with Crippen LogP contribution in [0.5, 0.6) is 5.75 Å². The van der Waals surface area contributed by atoms with Crippen LogP contribution in [0.15, 0.2) is 29.3 Å². The van der Waals surface area contributed by atoms with Crippen LogP contribution in [0.25, 0.3) is 0 Å². The second-order valence-electron chi connectivity index (χ2n) is 5.73. The van der Waals surface area contributed by atoms with Crippen molar-refractivity contribution in [2.45, 2.75) is 27.3 Å². The molecule has 0 amide bonds. The van der Waals surface area contributed by atoms with E-state index in [4.69, 9.17) is 4.74 Å². The van der Waals surface area contributed by atoms with Gasteiger partial charge in [-0.15, -0.1) is 35.3 Å². The Labute approximate surface area is 171 Å². The highest BCUT2D eigenvalue weighted by atomic mass is 127. The van der Waals surface area contributed by atoms with E-state index in [-0.39, 0.29) is 24.0 Å². The number of ether oxygens (including phenoxy) is 1. The molecule has 25 heavy (non-hydrogen) atoms. The first-order valence-electron chi connectivity index (χ1n) is 8.03. The van der Waals surface area contributed by atoms with Gasteiger partial charge in [0.25, 0.3) is 0 Å². The summed E-state index contributed by atoms with van der Waals surface area (Å²) in [6.45, 7) is 8.26. The van der Waals surface area contributed by atoms with Gasteiger partial charge < -0.3 is 15.0 Å². The van der Waals surface area contributed by atoms with E-state index in [9.17, 15) is 0 Å². The number of nitrogens with one attached hydrogen (secondary N) is 1. The first kappa shape index (κ1) is 21.7. The van der Waals surface area contributed by atoms with Gasteiger partial charge in [0, 0.05) is 19.0 Å². The molecule has 138 valence electrons. The number of nitrogens with zero attached hydrogens (tertiary/aromatic N) is 3. The molecule has 2 rings (SSSR count). The fourth-order valence-corrected chi connectivity index (χ4v) is 3.20. The number of thiazole rings is 1. The van der Waals surface area contributed by atoms with Crippen LogP contribution in [-0.2, 0) is 6.54 Å². The summed E-state index contributed by atoms with van der Waals surface area (Å²) in [5.74, 6) is 1.75. The lowest BCUT2D eigenvalue weighted by atomic mass is 10.2. The molecule has 1 N–H and O–H groups in total. The van der Waals surface area contributed by atoms with E-state index in [1.165, 1.54) is 10.4 Å². The van der Waals surface area contributed by atoms with Crippen molar-refractivity contribution in [1.29, 1.82) is 0 Å². The Hall–Kier alpha value is -1.35. The minimum absolute atomic E-state index is 0. The minimum atomic E-state index is 0. The third-order valence-electron chi connectivity index (χ3n) is 3.70. The highest BCUT2D eigenvalue weighted by Gasteiger charge is 2.09. The molecule has 0 bridgehead atoms. The van der Waals surface area contributed by atoms with E-state index in [1.54, 1.807) is 18.4 Å². The van der Waals surface area contributed by atoms with Crippen LogP contribution >= 0.6 is 35.3 Å². The van der Waals surface area contributed by atoms with Crippen LogP contribution in [-0.4, -0.2) is 43.1 Å². The van der Waals surface area contributed by atoms with Crippen molar-refractivity contribution in [3.05, 3.63) is 45.4 Å². The predicted octanol–water partition coefficient (Wildman–Crippen LogP) is 3.77. The zero-order chi connectivity index (χ0) is 17.5. The molecule has 0 saturated heterocycles. The lowest BCUT2D eigenvalue weighted by Crippen LogP contribution is -2.40. The van der Waals surface area contributed by atoms with Crippen molar-refractivity contribution in [2.75, 3.05) is 27.2 Å². The number of aryl methyl sites for hydroxylation is 3. The third-order valence-corrected chi connectivity index (χ3v) is 4.77. The van der Waals surface area contributed by atoms with Gasteiger partial charge in [0.1, 0.15) is 12.4 Å². The van der Waals surface area contributed by atoms with Gasteiger partial charge in [0.2, 0.25) is 0 Å². The Morgan fingerprint density at radius 1 is 1.24 bits per heavy atom.